The summed E-state index contributed by atoms with van der Waals surface area (Å²) in [6.45, 7) is 0. The molecule has 0 amide bonds. The van der Waals surface area contributed by atoms with Crippen LogP contribution in [0.5, 0.6) is 0 Å². The summed E-state index contributed by atoms with van der Waals surface area (Å²) >= 11 is 0. The van der Waals surface area contributed by atoms with Crippen molar-refractivity contribution in [1.29, 1.82) is 0 Å². The zero-order valence-corrected chi connectivity index (χ0v) is 33.6. The number of fused-ring (bicyclic) bond motifs is 8. The first-order valence-corrected chi connectivity index (χ1v) is 21.0. The Kier molecular flexibility index (Phi) is 8.46. The Morgan fingerprint density at radius 2 is 0.645 bits per heavy atom. The van der Waals surface area contributed by atoms with Gasteiger partial charge in [-0.15, -0.1) is 0 Å². The van der Waals surface area contributed by atoms with E-state index in [1.54, 1.807) is 0 Å². The second kappa shape index (κ2) is 14.7. The van der Waals surface area contributed by atoms with Crippen molar-refractivity contribution >= 4 is 54.1 Å². The predicted molar refractivity (Wildman–Crippen MR) is 258 cm³/mol. The Morgan fingerprint density at radius 1 is 0.258 bits per heavy atom. The highest BCUT2D eigenvalue weighted by Crippen LogP contribution is 2.37. The van der Waals surface area contributed by atoms with Crippen LogP contribution in [0.4, 0.5) is 0 Å². The monoisotopic (exact) mass is 788 g/mol. The van der Waals surface area contributed by atoms with Crippen LogP contribution in [0.2, 0.25) is 0 Å². The van der Waals surface area contributed by atoms with Crippen molar-refractivity contribution in [2.75, 3.05) is 0 Å². The highest BCUT2D eigenvalue weighted by atomic mass is 14.9. The molecule has 0 N–H and O–H groups in total. The van der Waals surface area contributed by atoms with Crippen LogP contribution in [-0.2, 0) is 0 Å². The van der Waals surface area contributed by atoms with Crippen LogP contribution in [0, 0.1) is 0 Å². The predicted octanol–water partition coefficient (Wildman–Crippen LogP) is 15.0. The summed E-state index contributed by atoms with van der Waals surface area (Å²) in [5, 5.41) is 9.50. The molecule has 0 radical (unpaired) electrons. The van der Waals surface area contributed by atoms with Gasteiger partial charge in [0.2, 0.25) is 0 Å². The molecule has 2 heterocycles. The Bertz CT molecular complexity index is 3480. The Balaban J connectivity index is 0.941. The molecule has 0 aliphatic carbocycles. The third-order valence-corrected chi connectivity index (χ3v) is 12.2. The van der Waals surface area contributed by atoms with Crippen molar-refractivity contribution in [3.05, 3.63) is 219 Å². The molecular formula is C58H36N4. The lowest BCUT2D eigenvalue weighted by Crippen LogP contribution is -1.96. The van der Waals surface area contributed by atoms with Crippen LogP contribution in [-0.4, -0.2) is 19.9 Å². The molecule has 4 nitrogen and oxygen atoms in total. The summed E-state index contributed by atoms with van der Waals surface area (Å²) in [7, 11) is 0. The summed E-state index contributed by atoms with van der Waals surface area (Å²) in [5.41, 5.74) is 13.0. The van der Waals surface area contributed by atoms with Crippen LogP contribution >= 0.6 is 0 Å². The molecule has 62 heavy (non-hydrogen) atoms. The van der Waals surface area contributed by atoms with Gasteiger partial charge in [-0.05, 0) is 60.6 Å². The second-order valence-electron chi connectivity index (χ2n) is 15.8. The van der Waals surface area contributed by atoms with E-state index in [1.807, 2.05) is 6.20 Å². The Hall–Kier alpha value is -8.34. The molecule has 2 aromatic heterocycles. The van der Waals surface area contributed by atoms with E-state index >= 15 is 0 Å². The largest absolute Gasteiger partial charge is 0.252 e. The van der Waals surface area contributed by atoms with Gasteiger partial charge in [0.15, 0.2) is 5.82 Å². The van der Waals surface area contributed by atoms with Gasteiger partial charge in [0, 0.05) is 33.0 Å². The van der Waals surface area contributed by atoms with Crippen LogP contribution in [0.3, 0.4) is 0 Å². The SMILES string of the molecule is c1ccc2c(-c3ccc(-c4cc(-c5ccc(-c6cnc7c8ccccc8c8ccccc8c7n6)cc5)nc(-c5ccc(-c6cccc7ccccc67)cc5)n4)cc3)cccc2c1. The lowest BCUT2D eigenvalue weighted by molar-refractivity contribution is 1.18. The lowest BCUT2D eigenvalue weighted by Gasteiger charge is -2.12. The molecule has 0 aliphatic heterocycles. The highest BCUT2D eigenvalue weighted by molar-refractivity contribution is 6.23. The normalized spacial score (nSPS) is 11.5. The van der Waals surface area contributed by atoms with E-state index in [0.29, 0.717) is 5.82 Å². The minimum absolute atomic E-state index is 0.670. The average molecular weight is 789 g/mol. The van der Waals surface area contributed by atoms with Crippen molar-refractivity contribution in [2.24, 2.45) is 0 Å². The Morgan fingerprint density at radius 3 is 1.16 bits per heavy atom. The molecule has 0 aliphatic rings. The summed E-state index contributed by atoms with van der Waals surface area (Å²) in [5.74, 6) is 0.670. The molecule has 0 saturated heterocycles. The third-order valence-electron chi connectivity index (χ3n) is 12.2. The summed E-state index contributed by atoms with van der Waals surface area (Å²) in [4.78, 5) is 20.7. The van der Waals surface area contributed by atoms with Gasteiger partial charge in [-0.1, -0.05) is 206 Å². The maximum absolute atomic E-state index is 5.24. The molecule has 0 spiro atoms. The van der Waals surface area contributed by atoms with Crippen molar-refractivity contribution in [3.63, 3.8) is 0 Å². The van der Waals surface area contributed by atoms with Gasteiger partial charge < -0.3 is 0 Å². The first kappa shape index (κ1) is 35.6. The summed E-state index contributed by atoms with van der Waals surface area (Å²) < 4.78 is 0. The molecule has 12 aromatic rings. The fourth-order valence-corrected chi connectivity index (χ4v) is 9.02. The number of hydrogen-bond donors (Lipinski definition) is 0. The van der Waals surface area contributed by atoms with E-state index in [-0.39, 0.29) is 0 Å². The van der Waals surface area contributed by atoms with Crippen LogP contribution in [0.15, 0.2) is 219 Å². The number of benzene rings is 10. The van der Waals surface area contributed by atoms with Crippen molar-refractivity contribution < 1.29 is 0 Å². The number of hydrogen-bond acceptors (Lipinski definition) is 4. The molecule has 12 rings (SSSR count). The standard InChI is InChI=1S/C58H36N4/c1-3-15-45-37(11-1)13-9-21-47(45)39-23-27-41(28-24-39)53-35-54(62-58(61-53)44-33-25-40(26-34-44)48-22-10-14-38-12-2-4-16-46(38)48)42-29-31-43(32-30-42)55-36-59-56-51-19-7-5-17-49(51)50-18-6-8-20-52(50)57(56)60-55/h1-36H. The van der Waals surface area contributed by atoms with Crippen LogP contribution in [0.25, 0.3) is 122 Å². The molecule has 0 unspecified atom stereocenters. The number of aromatic nitrogens is 4. The van der Waals surface area contributed by atoms with Gasteiger partial charge in [-0.2, -0.15) is 0 Å². The van der Waals surface area contributed by atoms with E-state index in [0.717, 1.165) is 72.3 Å². The van der Waals surface area contributed by atoms with Crippen molar-refractivity contribution in [1.82, 2.24) is 19.9 Å². The molecule has 288 valence electrons. The molecule has 4 heteroatoms. The minimum atomic E-state index is 0.670. The molecule has 0 atom stereocenters. The molecular weight excluding hydrogens is 753 g/mol. The molecule has 0 saturated carbocycles. The quantitative estimate of drug-likeness (QED) is 0.158. The smallest absolute Gasteiger partial charge is 0.160 e. The van der Waals surface area contributed by atoms with E-state index in [1.165, 1.54) is 43.4 Å². The maximum atomic E-state index is 5.24. The van der Waals surface area contributed by atoms with E-state index in [2.05, 4.69) is 212 Å². The lowest BCUT2D eigenvalue weighted by atomic mass is 9.96. The topological polar surface area (TPSA) is 51.6 Å². The molecule has 0 bridgehead atoms. The number of rotatable bonds is 6. The third kappa shape index (κ3) is 6.16. The zero-order chi connectivity index (χ0) is 41.0. The maximum Gasteiger partial charge on any atom is 0.160 e. The van der Waals surface area contributed by atoms with Crippen molar-refractivity contribution in [3.8, 4) is 67.4 Å². The van der Waals surface area contributed by atoms with E-state index in [9.17, 15) is 0 Å². The fourth-order valence-electron chi connectivity index (χ4n) is 9.02. The van der Waals surface area contributed by atoms with Gasteiger partial charge in [0.25, 0.3) is 0 Å². The highest BCUT2D eigenvalue weighted by Gasteiger charge is 2.15. The second-order valence-corrected chi connectivity index (χ2v) is 15.8. The summed E-state index contributed by atoms with van der Waals surface area (Å²) in [6.07, 6.45) is 1.89. The van der Waals surface area contributed by atoms with Crippen LogP contribution < -0.4 is 0 Å². The fraction of sp³-hybridized carbons (Fsp3) is 0. The van der Waals surface area contributed by atoms with Gasteiger partial charge >= 0.3 is 0 Å². The summed E-state index contributed by atoms with van der Waals surface area (Å²) in [6, 6.07) is 74.9. The average Bonchev–Trinajstić information content (AvgIpc) is 3.36. The Labute approximate surface area is 358 Å². The first-order valence-electron chi connectivity index (χ1n) is 21.0. The van der Waals surface area contributed by atoms with Gasteiger partial charge in [0.1, 0.15) is 0 Å². The van der Waals surface area contributed by atoms with Crippen LogP contribution in [0.1, 0.15) is 0 Å². The molecule has 10 aromatic carbocycles. The van der Waals surface area contributed by atoms with Gasteiger partial charge in [-0.25, -0.2) is 15.0 Å². The number of nitrogens with zero attached hydrogens (tertiary/aromatic N) is 4. The van der Waals surface area contributed by atoms with Gasteiger partial charge in [-0.3, -0.25) is 4.98 Å². The van der Waals surface area contributed by atoms with E-state index in [4.69, 9.17) is 19.9 Å². The zero-order valence-electron chi connectivity index (χ0n) is 33.6. The minimum Gasteiger partial charge on any atom is -0.252 e. The first-order chi connectivity index (χ1) is 30.7. The van der Waals surface area contributed by atoms with Crippen molar-refractivity contribution in [2.45, 2.75) is 0 Å². The van der Waals surface area contributed by atoms with E-state index < -0.39 is 0 Å². The molecule has 0 fully saturated rings. The van der Waals surface area contributed by atoms with Gasteiger partial charge in [0.05, 0.1) is 34.3 Å².